The minimum atomic E-state index is -0.687. The molecule has 1 saturated heterocycles. The number of ether oxygens (including phenoxy) is 1. The van der Waals surface area contributed by atoms with Crippen molar-refractivity contribution in [1.29, 1.82) is 0 Å². The molecule has 114 valence electrons. The Labute approximate surface area is 127 Å². The van der Waals surface area contributed by atoms with Crippen LogP contribution in [0.3, 0.4) is 0 Å². The van der Waals surface area contributed by atoms with Gasteiger partial charge in [0.1, 0.15) is 5.56 Å². The van der Waals surface area contributed by atoms with Gasteiger partial charge in [0, 0.05) is 26.4 Å². The number of nitro groups is 1. The monoisotopic (exact) mass is 313 g/mol. The molecule has 1 aliphatic rings. The second-order valence-corrected chi connectivity index (χ2v) is 5.29. The van der Waals surface area contributed by atoms with Crippen LogP contribution in [0.4, 0.5) is 5.69 Å². The van der Waals surface area contributed by atoms with Gasteiger partial charge in [-0.25, -0.2) is 4.98 Å². The standard InChI is InChI=1S/C13H16ClN3O4/c1-16(8-9-4-2-3-7-21-9)13(18)10-5-6-15-12(14)11(10)17(19)20/h5-6,9H,2-4,7-8H2,1H3. The molecule has 21 heavy (non-hydrogen) atoms. The summed E-state index contributed by atoms with van der Waals surface area (Å²) >= 11 is 5.72. The highest BCUT2D eigenvalue weighted by Gasteiger charge is 2.28. The quantitative estimate of drug-likeness (QED) is 0.483. The fraction of sp³-hybridized carbons (Fsp3) is 0.538. The van der Waals surface area contributed by atoms with E-state index in [1.807, 2.05) is 0 Å². The molecule has 2 heterocycles. The molecule has 0 aliphatic carbocycles. The van der Waals surface area contributed by atoms with E-state index in [-0.39, 0.29) is 16.8 Å². The van der Waals surface area contributed by atoms with Gasteiger partial charge in [-0.2, -0.15) is 0 Å². The number of carbonyl (C=O) groups excluding carboxylic acids is 1. The third kappa shape index (κ3) is 3.68. The zero-order valence-corrected chi connectivity index (χ0v) is 12.4. The summed E-state index contributed by atoms with van der Waals surface area (Å²) in [6, 6.07) is 1.31. The van der Waals surface area contributed by atoms with E-state index in [1.54, 1.807) is 7.05 Å². The van der Waals surface area contributed by atoms with Crippen molar-refractivity contribution in [2.75, 3.05) is 20.2 Å². The first kappa shape index (κ1) is 15.7. The van der Waals surface area contributed by atoms with E-state index in [0.29, 0.717) is 13.2 Å². The maximum absolute atomic E-state index is 12.4. The van der Waals surface area contributed by atoms with Crippen LogP contribution >= 0.6 is 11.6 Å². The summed E-state index contributed by atoms with van der Waals surface area (Å²) in [6.07, 6.45) is 4.24. The van der Waals surface area contributed by atoms with Crippen molar-refractivity contribution >= 4 is 23.2 Å². The lowest BCUT2D eigenvalue weighted by Gasteiger charge is -2.27. The van der Waals surface area contributed by atoms with E-state index in [0.717, 1.165) is 19.3 Å². The zero-order valence-electron chi connectivity index (χ0n) is 11.6. The van der Waals surface area contributed by atoms with Crippen molar-refractivity contribution in [3.63, 3.8) is 0 Å². The summed E-state index contributed by atoms with van der Waals surface area (Å²) in [5, 5.41) is 10.8. The van der Waals surface area contributed by atoms with Crippen LogP contribution in [0.15, 0.2) is 12.3 Å². The molecule has 1 aliphatic heterocycles. The molecule has 7 nitrogen and oxygen atoms in total. The number of hydrogen-bond acceptors (Lipinski definition) is 5. The minimum absolute atomic E-state index is 0.0240. The van der Waals surface area contributed by atoms with E-state index in [4.69, 9.17) is 16.3 Å². The number of rotatable bonds is 4. The highest BCUT2D eigenvalue weighted by molar-refractivity contribution is 6.32. The predicted octanol–water partition coefficient (Wildman–Crippen LogP) is 2.28. The first-order chi connectivity index (χ1) is 10.0. The van der Waals surface area contributed by atoms with Gasteiger partial charge in [0.2, 0.25) is 5.15 Å². The number of amides is 1. The van der Waals surface area contributed by atoms with E-state index < -0.39 is 16.5 Å². The maximum Gasteiger partial charge on any atom is 0.319 e. The van der Waals surface area contributed by atoms with Crippen LogP contribution in [0.2, 0.25) is 5.15 Å². The first-order valence-electron chi connectivity index (χ1n) is 6.66. The number of pyridine rings is 1. The molecule has 1 fully saturated rings. The van der Waals surface area contributed by atoms with Crippen LogP contribution in [0.25, 0.3) is 0 Å². The largest absolute Gasteiger partial charge is 0.376 e. The molecule has 0 bridgehead atoms. The smallest absolute Gasteiger partial charge is 0.319 e. The Bertz CT molecular complexity index is 546. The van der Waals surface area contributed by atoms with E-state index in [9.17, 15) is 14.9 Å². The third-order valence-electron chi connectivity index (χ3n) is 3.39. The number of carbonyl (C=O) groups is 1. The summed E-state index contributed by atoms with van der Waals surface area (Å²) in [7, 11) is 1.60. The summed E-state index contributed by atoms with van der Waals surface area (Å²) in [5.41, 5.74) is -0.515. The molecule has 0 saturated carbocycles. The summed E-state index contributed by atoms with van der Waals surface area (Å²) in [5.74, 6) is -0.458. The second kappa shape index (κ2) is 6.82. The van der Waals surface area contributed by atoms with Crippen LogP contribution in [-0.4, -0.2) is 47.0 Å². The molecule has 0 N–H and O–H groups in total. The molecule has 1 amide bonds. The van der Waals surface area contributed by atoms with Gasteiger partial charge in [0.25, 0.3) is 5.91 Å². The van der Waals surface area contributed by atoms with Crippen molar-refractivity contribution in [2.24, 2.45) is 0 Å². The lowest BCUT2D eigenvalue weighted by Crippen LogP contribution is -2.37. The summed E-state index contributed by atoms with van der Waals surface area (Å²) in [4.78, 5) is 27.8. The molecule has 8 heteroatoms. The normalized spacial score (nSPS) is 18.3. The Hall–Kier alpha value is -1.73. The van der Waals surface area contributed by atoms with Gasteiger partial charge >= 0.3 is 5.69 Å². The summed E-state index contributed by atoms with van der Waals surface area (Å²) < 4.78 is 5.57. The van der Waals surface area contributed by atoms with Crippen molar-refractivity contribution < 1.29 is 14.5 Å². The van der Waals surface area contributed by atoms with Crippen LogP contribution in [0.5, 0.6) is 0 Å². The highest BCUT2D eigenvalue weighted by Crippen LogP contribution is 2.27. The van der Waals surface area contributed by atoms with Gasteiger partial charge in [-0.1, -0.05) is 11.6 Å². The molecular weight excluding hydrogens is 298 g/mol. The van der Waals surface area contributed by atoms with Gasteiger partial charge in [-0.05, 0) is 25.3 Å². The number of halogens is 1. The van der Waals surface area contributed by atoms with Crippen LogP contribution in [0, 0.1) is 10.1 Å². The molecule has 1 aromatic heterocycles. The van der Waals surface area contributed by atoms with Gasteiger partial charge < -0.3 is 9.64 Å². The topological polar surface area (TPSA) is 85.6 Å². The van der Waals surface area contributed by atoms with Gasteiger partial charge in [0.05, 0.1) is 11.0 Å². The van der Waals surface area contributed by atoms with Gasteiger partial charge in [0.15, 0.2) is 0 Å². The first-order valence-corrected chi connectivity index (χ1v) is 7.04. The fourth-order valence-electron chi connectivity index (χ4n) is 2.32. The SMILES string of the molecule is CN(CC1CCCCO1)C(=O)c1ccnc(Cl)c1[N+](=O)[O-]. The molecule has 1 atom stereocenters. The zero-order chi connectivity index (χ0) is 15.4. The number of likely N-dealkylation sites (N-methyl/N-ethyl adjacent to an activating group) is 1. The molecular formula is C13H16ClN3O4. The number of aromatic nitrogens is 1. The number of nitrogens with zero attached hydrogens (tertiary/aromatic N) is 3. The molecule has 0 spiro atoms. The van der Waals surface area contributed by atoms with Crippen LogP contribution in [-0.2, 0) is 4.74 Å². The van der Waals surface area contributed by atoms with Crippen molar-refractivity contribution in [3.8, 4) is 0 Å². The van der Waals surface area contributed by atoms with E-state index in [1.165, 1.54) is 17.2 Å². The lowest BCUT2D eigenvalue weighted by molar-refractivity contribution is -0.385. The maximum atomic E-state index is 12.4. The van der Waals surface area contributed by atoms with E-state index in [2.05, 4.69) is 4.98 Å². The van der Waals surface area contributed by atoms with Crippen LogP contribution < -0.4 is 0 Å². The highest BCUT2D eigenvalue weighted by atomic mass is 35.5. The van der Waals surface area contributed by atoms with Gasteiger partial charge in [-0.15, -0.1) is 0 Å². The Kier molecular flexibility index (Phi) is 5.08. The Morgan fingerprint density at radius 2 is 2.38 bits per heavy atom. The Morgan fingerprint density at radius 3 is 3.00 bits per heavy atom. The van der Waals surface area contributed by atoms with Crippen molar-refractivity contribution in [1.82, 2.24) is 9.88 Å². The Balaban J connectivity index is 2.15. The second-order valence-electron chi connectivity index (χ2n) is 4.93. The van der Waals surface area contributed by atoms with Gasteiger partial charge in [-0.3, -0.25) is 14.9 Å². The van der Waals surface area contributed by atoms with E-state index >= 15 is 0 Å². The molecule has 1 aromatic rings. The molecule has 0 radical (unpaired) electrons. The third-order valence-corrected chi connectivity index (χ3v) is 3.67. The van der Waals surface area contributed by atoms with Crippen LogP contribution in [0.1, 0.15) is 29.6 Å². The summed E-state index contributed by atoms with van der Waals surface area (Å²) in [6.45, 7) is 1.09. The molecule has 0 aromatic carbocycles. The number of hydrogen-bond donors (Lipinski definition) is 0. The molecule has 1 unspecified atom stereocenters. The van der Waals surface area contributed by atoms with Crippen molar-refractivity contribution in [2.45, 2.75) is 25.4 Å². The predicted molar refractivity (Wildman–Crippen MR) is 76.5 cm³/mol. The average molecular weight is 314 g/mol. The minimum Gasteiger partial charge on any atom is -0.376 e. The average Bonchev–Trinajstić information content (AvgIpc) is 2.46. The van der Waals surface area contributed by atoms with Crippen molar-refractivity contribution in [3.05, 3.63) is 33.1 Å². The fourth-order valence-corrected chi connectivity index (χ4v) is 2.55. The molecule has 2 rings (SSSR count). The lowest BCUT2D eigenvalue weighted by atomic mass is 10.1. The Morgan fingerprint density at radius 1 is 1.62 bits per heavy atom.